The van der Waals surface area contributed by atoms with E-state index in [-0.39, 0.29) is 44.1 Å². The second kappa shape index (κ2) is 14.6. The van der Waals surface area contributed by atoms with Crippen LogP contribution in [0.25, 0.3) is 0 Å². The molecule has 0 amide bonds. The van der Waals surface area contributed by atoms with Crippen molar-refractivity contribution in [3.63, 3.8) is 0 Å². The van der Waals surface area contributed by atoms with Crippen molar-refractivity contribution in [2.75, 3.05) is 26.4 Å². The van der Waals surface area contributed by atoms with Crippen molar-refractivity contribution in [3.8, 4) is 0 Å². The highest BCUT2D eigenvalue weighted by Crippen LogP contribution is 2.80. The fraction of sp³-hybridized carbons (Fsp3) is 0.905. The molecule has 10 unspecified atom stereocenters. The number of halogens is 10. The Hall–Kier alpha value is -2.38. The van der Waals surface area contributed by atoms with E-state index in [1.165, 1.54) is 55.4 Å². The molecule has 3 heterocycles. The average Bonchev–Trinajstić information content (AvgIpc) is 3.60. The third-order valence-corrected chi connectivity index (χ3v) is 15.5. The zero-order chi connectivity index (χ0) is 49.7. The van der Waals surface area contributed by atoms with Gasteiger partial charge in [-0.15, -0.1) is 0 Å². The van der Waals surface area contributed by atoms with Crippen LogP contribution in [0.3, 0.4) is 0 Å². The number of hydrogen-bond acceptors (Lipinski definition) is 13. The van der Waals surface area contributed by atoms with Gasteiger partial charge in [-0.3, -0.25) is 0 Å². The Morgan fingerprint density at radius 3 is 1.60 bits per heavy atom. The third-order valence-electron chi connectivity index (χ3n) is 15.5. The van der Waals surface area contributed by atoms with E-state index in [1.54, 1.807) is 0 Å². The van der Waals surface area contributed by atoms with Crippen molar-refractivity contribution in [3.05, 3.63) is 12.2 Å². The number of rotatable bonds is 13. The second-order valence-electron chi connectivity index (χ2n) is 21.6. The summed E-state index contributed by atoms with van der Waals surface area (Å²) >= 11 is 0. The maximum atomic E-state index is 16.2. The highest BCUT2D eigenvalue weighted by molar-refractivity contribution is 5.88. The first-order valence-corrected chi connectivity index (χ1v) is 20.9. The smallest absolute Gasteiger partial charge is 0.449 e. The SMILES string of the molecule is C=C(C)C(=O)OCC(=O)OC12CC3(C(C)(C)OC4COC(C)(O)C4(F)F)CC(C(C)(C)OC4(C)COC(O)(C(F)(F)F)C4)(C1)CC(C(C)(C)OC1(C)COC(O)(C(F)(F)F)C1(F)F)(C2)C3. The van der Waals surface area contributed by atoms with Crippen LogP contribution in [0.5, 0.6) is 0 Å². The van der Waals surface area contributed by atoms with Gasteiger partial charge >= 0.3 is 41.9 Å². The minimum Gasteiger partial charge on any atom is -0.456 e. The van der Waals surface area contributed by atoms with Crippen LogP contribution < -0.4 is 0 Å². The molecule has 7 aliphatic rings. The van der Waals surface area contributed by atoms with Crippen molar-refractivity contribution in [2.45, 2.75) is 195 Å². The van der Waals surface area contributed by atoms with E-state index in [1.807, 2.05) is 0 Å². The number of ether oxygens (including phenoxy) is 8. The van der Waals surface area contributed by atoms with E-state index in [9.17, 15) is 51.3 Å². The van der Waals surface area contributed by atoms with Gasteiger partial charge in [0.2, 0.25) is 5.79 Å². The van der Waals surface area contributed by atoms with Gasteiger partial charge in [0.05, 0.1) is 42.2 Å². The van der Waals surface area contributed by atoms with E-state index < -0.39 is 142 Å². The summed E-state index contributed by atoms with van der Waals surface area (Å²) in [5.41, 5.74) is -17.7. The van der Waals surface area contributed by atoms with E-state index >= 15 is 17.6 Å². The molecule has 0 spiro atoms. The minimum atomic E-state index is -6.03. The molecule has 4 saturated carbocycles. The Morgan fingerprint density at radius 2 is 1.18 bits per heavy atom. The normalized spacial score (nSPS) is 42.7. The van der Waals surface area contributed by atoms with Gasteiger partial charge in [0.15, 0.2) is 18.3 Å². The molecule has 13 nitrogen and oxygen atoms in total. The van der Waals surface area contributed by atoms with Crippen molar-refractivity contribution < 1.29 is 107 Å². The van der Waals surface area contributed by atoms with Crippen molar-refractivity contribution in [2.24, 2.45) is 16.2 Å². The Kier molecular flexibility index (Phi) is 11.7. The lowest BCUT2D eigenvalue weighted by molar-refractivity contribution is -0.416. The quantitative estimate of drug-likeness (QED) is 0.0986. The molecule has 7 fully saturated rings. The topological polar surface area (TPSA) is 169 Å². The summed E-state index contributed by atoms with van der Waals surface area (Å²) in [4.78, 5) is 26.2. The van der Waals surface area contributed by atoms with Crippen LogP contribution in [0.2, 0.25) is 0 Å². The molecular weight excluding hydrogens is 902 g/mol. The Bertz CT molecular complexity index is 1960. The predicted molar refractivity (Wildman–Crippen MR) is 201 cm³/mol. The lowest BCUT2D eigenvalue weighted by atomic mass is 9.31. The Labute approximate surface area is 368 Å². The number of carbonyl (C=O) groups excluding carboxylic acids is 2. The molecule has 3 saturated heterocycles. The maximum absolute atomic E-state index is 16.2. The third kappa shape index (κ3) is 7.70. The molecule has 7 rings (SSSR count). The molecule has 0 radical (unpaired) electrons. The number of esters is 2. The lowest BCUT2D eigenvalue weighted by Gasteiger charge is -2.77. The van der Waals surface area contributed by atoms with Crippen LogP contribution in [0, 0.1) is 16.2 Å². The van der Waals surface area contributed by atoms with E-state index in [0.717, 1.165) is 6.92 Å². The number of alkyl halides is 10. The van der Waals surface area contributed by atoms with Crippen LogP contribution in [-0.2, 0) is 47.5 Å². The first-order chi connectivity index (χ1) is 28.8. The summed E-state index contributed by atoms with van der Waals surface area (Å²) < 4.78 is 193. The first kappa shape index (κ1) is 52.0. The van der Waals surface area contributed by atoms with Gasteiger partial charge in [-0.05, 0) is 108 Å². The average molecular weight is 961 g/mol. The van der Waals surface area contributed by atoms with E-state index in [0.29, 0.717) is 6.92 Å². The maximum Gasteiger partial charge on any atom is 0.449 e. The van der Waals surface area contributed by atoms with Gasteiger partial charge < -0.3 is 53.2 Å². The summed E-state index contributed by atoms with van der Waals surface area (Å²) in [5, 5.41) is 31.4. The highest BCUT2D eigenvalue weighted by atomic mass is 19.4. The van der Waals surface area contributed by atoms with E-state index in [4.69, 9.17) is 33.2 Å². The van der Waals surface area contributed by atoms with Crippen LogP contribution in [0.1, 0.15) is 114 Å². The summed E-state index contributed by atoms with van der Waals surface area (Å²) in [7, 11) is 0. The summed E-state index contributed by atoms with van der Waals surface area (Å²) in [6.45, 7) is 11.5. The number of aliphatic hydroxyl groups is 3. The van der Waals surface area contributed by atoms with E-state index in [2.05, 4.69) is 11.3 Å². The number of hydrogen-bond donors (Lipinski definition) is 3. The fourth-order valence-electron chi connectivity index (χ4n) is 12.1. The summed E-state index contributed by atoms with van der Waals surface area (Å²) in [6.07, 6.45) is -16.0. The van der Waals surface area contributed by atoms with Gasteiger partial charge in [0.1, 0.15) is 5.60 Å². The molecule has 4 aliphatic carbocycles. The highest BCUT2D eigenvalue weighted by Gasteiger charge is 2.84. The Morgan fingerprint density at radius 1 is 0.692 bits per heavy atom. The molecule has 23 heteroatoms. The fourth-order valence-corrected chi connectivity index (χ4v) is 12.1. The molecule has 374 valence electrons. The molecule has 4 bridgehead atoms. The predicted octanol–water partition coefficient (Wildman–Crippen LogP) is 6.96. The second-order valence-corrected chi connectivity index (χ2v) is 21.6. The zero-order valence-electron chi connectivity index (χ0n) is 37.8. The van der Waals surface area contributed by atoms with Crippen molar-refractivity contribution >= 4 is 11.9 Å². The van der Waals surface area contributed by atoms with Crippen LogP contribution >= 0.6 is 0 Å². The minimum absolute atomic E-state index is 0.0896. The van der Waals surface area contributed by atoms with Gasteiger partial charge in [0, 0.05) is 28.2 Å². The molecule has 10 atom stereocenters. The molecular formula is C42H58F10O13. The van der Waals surface area contributed by atoms with Gasteiger partial charge in [-0.2, -0.15) is 43.9 Å². The lowest BCUT2D eigenvalue weighted by Crippen LogP contribution is -2.77. The molecule has 0 aromatic carbocycles. The van der Waals surface area contributed by atoms with Gasteiger partial charge in [-0.25, -0.2) is 9.59 Å². The van der Waals surface area contributed by atoms with Crippen LogP contribution in [-0.4, -0.2) is 135 Å². The molecule has 3 aliphatic heterocycles. The molecule has 3 N–H and O–H groups in total. The monoisotopic (exact) mass is 960 g/mol. The molecule has 65 heavy (non-hydrogen) atoms. The number of carbonyl (C=O) groups is 2. The molecule has 0 aromatic heterocycles. The van der Waals surface area contributed by atoms with Crippen LogP contribution in [0.15, 0.2) is 12.2 Å². The van der Waals surface area contributed by atoms with Crippen molar-refractivity contribution in [1.82, 2.24) is 0 Å². The largest absolute Gasteiger partial charge is 0.456 e. The zero-order valence-corrected chi connectivity index (χ0v) is 37.8. The summed E-state index contributed by atoms with van der Waals surface area (Å²) in [6, 6.07) is 0. The van der Waals surface area contributed by atoms with Crippen LogP contribution in [0.4, 0.5) is 43.9 Å². The van der Waals surface area contributed by atoms with Gasteiger partial charge in [-0.1, -0.05) is 6.58 Å². The standard InChI is InChI=1S/C42H58F10O13/c1-23(2)26(54)58-13-25(53)63-36-18-33(27(3,4)62-24-12-59-32(11,55)38(24,43)44)15-34(19-36,28(5,6)64-30(9)14-37(56,60-21-30)41(47,48)49)17-35(16-33,20-36)29(7,8)65-31(10)22-61-40(57,39(31,45)46)42(50,51)52/h24,55-57H,1,12-22H2,2-11H3. The van der Waals surface area contributed by atoms with Gasteiger partial charge in [0.25, 0.3) is 5.79 Å². The molecule has 0 aromatic rings. The van der Waals surface area contributed by atoms with Crippen molar-refractivity contribution in [1.29, 1.82) is 0 Å². The Balaban J connectivity index is 1.54. The summed E-state index contributed by atoms with van der Waals surface area (Å²) in [5.74, 6) is -23.0. The first-order valence-electron chi connectivity index (χ1n) is 20.9.